The summed E-state index contributed by atoms with van der Waals surface area (Å²) in [4.78, 5) is 13.4. The third kappa shape index (κ3) is 5.41. The average Bonchev–Trinajstić information content (AvgIpc) is 2.64. The molecule has 1 saturated heterocycles. The van der Waals surface area contributed by atoms with E-state index < -0.39 is 5.97 Å². The number of aromatic carboxylic acids is 1. The normalized spacial score (nSPS) is 15.9. The molecule has 4 nitrogen and oxygen atoms in total. The molecule has 0 bridgehead atoms. The highest BCUT2D eigenvalue weighted by Crippen LogP contribution is 2.18. The Balaban J connectivity index is 1.48. The van der Waals surface area contributed by atoms with Crippen molar-refractivity contribution in [3.05, 3.63) is 70.8 Å². The molecule has 26 heavy (non-hydrogen) atoms. The van der Waals surface area contributed by atoms with Gasteiger partial charge in [0.1, 0.15) is 0 Å². The van der Waals surface area contributed by atoms with Gasteiger partial charge in [-0.3, -0.25) is 4.90 Å². The van der Waals surface area contributed by atoms with Crippen LogP contribution in [0.15, 0.2) is 48.5 Å². The minimum absolute atomic E-state index is 0.327. The van der Waals surface area contributed by atoms with E-state index in [0.717, 1.165) is 31.1 Å². The average molecular weight is 352 g/mol. The number of carboxylic acid groups (broad SMARTS) is 1. The molecule has 0 saturated carbocycles. The molecule has 0 radical (unpaired) electrons. The predicted octanol–water partition coefficient (Wildman–Crippen LogP) is 3.91. The zero-order chi connectivity index (χ0) is 18.4. The number of nitrogens with zero attached hydrogens (tertiary/aromatic N) is 1. The SMILES string of the molecule is CC1CCN(Cc2cccc(CNCc3ccc(C(=O)O)cc3)c2)CC1. The fraction of sp³-hybridized carbons (Fsp3) is 0.409. The molecule has 0 amide bonds. The van der Waals surface area contributed by atoms with Crippen LogP contribution in [-0.4, -0.2) is 29.1 Å². The quantitative estimate of drug-likeness (QED) is 0.793. The topological polar surface area (TPSA) is 52.6 Å². The van der Waals surface area contributed by atoms with E-state index in [9.17, 15) is 4.79 Å². The molecule has 1 fully saturated rings. The molecule has 2 aromatic rings. The summed E-state index contributed by atoms with van der Waals surface area (Å²) in [6.07, 6.45) is 2.61. The molecule has 0 aliphatic carbocycles. The maximum atomic E-state index is 10.9. The lowest BCUT2D eigenvalue weighted by atomic mass is 9.98. The van der Waals surface area contributed by atoms with Crippen LogP contribution < -0.4 is 5.32 Å². The number of nitrogens with one attached hydrogen (secondary N) is 1. The first kappa shape index (κ1) is 18.6. The highest BCUT2D eigenvalue weighted by Gasteiger charge is 2.15. The Morgan fingerprint density at radius 3 is 2.38 bits per heavy atom. The molecule has 1 heterocycles. The number of likely N-dealkylation sites (tertiary alicyclic amines) is 1. The van der Waals surface area contributed by atoms with Gasteiger partial charge in [-0.2, -0.15) is 0 Å². The zero-order valence-corrected chi connectivity index (χ0v) is 15.4. The summed E-state index contributed by atoms with van der Waals surface area (Å²) in [5, 5.41) is 12.4. The van der Waals surface area contributed by atoms with E-state index in [2.05, 4.69) is 41.4 Å². The van der Waals surface area contributed by atoms with Gasteiger partial charge in [0.05, 0.1) is 5.56 Å². The van der Waals surface area contributed by atoms with Crippen LogP contribution in [0.25, 0.3) is 0 Å². The summed E-state index contributed by atoms with van der Waals surface area (Å²) in [5.74, 6) is -0.0177. The van der Waals surface area contributed by atoms with Gasteiger partial charge in [-0.05, 0) is 60.7 Å². The second kappa shape index (κ2) is 8.97. The Hall–Kier alpha value is -2.17. The van der Waals surface area contributed by atoms with E-state index in [4.69, 9.17) is 5.11 Å². The van der Waals surface area contributed by atoms with Crippen molar-refractivity contribution < 1.29 is 9.90 Å². The van der Waals surface area contributed by atoms with Crippen molar-refractivity contribution in [1.82, 2.24) is 10.2 Å². The van der Waals surface area contributed by atoms with Crippen molar-refractivity contribution in [2.45, 2.75) is 39.4 Å². The van der Waals surface area contributed by atoms with Gasteiger partial charge in [0, 0.05) is 19.6 Å². The lowest BCUT2D eigenvalue weighted by molar-refractivity contribution is 0.0697. The van der Waals surface area contributed by atoms with Crippen molar-refractivity contribution in [1.29, 1.82) is 0 Å². The minimum Gasteiger partial charge on any atom is -0.478 e. The standard InChI is InChI=1S/C22H28N2O2/c1-17-9-11-24(12-10-17)16-20-4-2-3-19(13-20)15-23-14-18-5-7-21(8-6-18)22(25)26/h2-8,13,17,23H,9-12,14-16H2,1H3,(H,25,26). The van der Waals surface area contributed by atoms with Gasteiger partial charge in [-0.25, -0.2) is 4.79 Å². The van der Waals surface area contributed by atoms with Crippen LogP contribution in [0.1, 0.15) is 46.8 Å². The molecule has 4 heteroatoms. The zero-order valence-electron chi connectivity index (χ0n) is 15.4. The first-order valence-corrected chi connectivity index (χ1v) is 9.43. The maximum Gasteiger partial charge on any atom is 0.335 e. The van der Waals surface area contributed by atoms with Gasteiger partial charge in [-0.1, -0.05) is 43.3 Å². The Kier molecular flexibility index (Phi) is 6.42. The van der Waals surface area contributed by atoms with Crippen LogP contribution >= 0.6 is 0 Å². The van der Waals surface area contributed by atoms with Crippen LogP contribution in [0.5, 0.6) is 0 Å². The Morgan fingerprint density at radius 1 is 1.04 bits per heavy atom. The number of carbonyl (C=O) groups is 1. The van der Waals surface area contributed by atoms with E-state index in [-0.39, 0.29) is 0 Å². The largest absolute Gasteiger partial charge is 0.478 e. The number of rotatable bonds is 7. The second-order valence-corrected chi connectivity index (χ2v) is 7.38. The van der Waals surface area contributed by atoms with Crippen molar-refractivity contribution in [2.75, 3.05) is 13.1 Å². The summed E-state index contributed by atoms with van der Waals surface area (Å²) in [6, 6.07) is 15.8. The Morgan fingerprint density at radius 2 is 1.69 bits per heavy atom. The predicted molar refractivity (Wildman–Crippen MR) is 104 cm³/mol. The van der Waals surface area contributed by atoms with Gasteiger partial charge in [0.15, 0.2) is 0 Å². The second-order valence-electron chi connectivity index (χ2n) is 7.38. The first-order valence-electron chi connectivity index (χ1n) is 9.43. The highest BCUT2D eigenvalue weighted by atomic mass is 16.4. The summed E-state index contributed by atoms with van der Waals surface area (Å²) in [6.45, 7) is 7.34. The van der Waals surface area contributed by atoms with Crippen LogP contribution in [-0.2, 0) is 19.6 Å². The van der Waals surface area contributed by atoms with Crippen LogP contribution in [0.2, 0.25) is 0 Å². The van der Waals surface area contributed by atoms with Gasteiger partial charge < -0.3 is 10.4 Å². The molecule has 0 unspecified atom stereocenters. The molecule has 3 rings (SSSR count). The first-order chi connectivity index (χ1) is 12.6. The lowest BCUT2D eigenvalue weighted by Gasteiger charge is -2.30. The molecule has 0 spiro atoms. The van der Waals surface area contributed by atoms with Gasteiger partial charge in [0.25, 0.3) is 0 Å². The van der Waals surface area contributed by atoms with Crippen LogP contribution in [0.3, 0.4) is 0 Å². The number of hydrogen-bond acceptors (Lipinski definition) is 3. The highest BCUT2D eigenvalue weighted by molar-refractivity contribution is 5.87. The molecular weight excluding hydrogens is 324 g/mol. The molecule has 138 valence electrons. The number of hydrogen-bond donors (Lipinski definition) is 2. The van der Waals surface area contributed by atoms with E-state index >= 15 is 0 Å². The molecular formula is C22H28N2O2. The van der Waals surface area contributed by atoms with E-state index in [0.29, 0.717) is 5.56 Å². The molecule has 0 atom stereocenters. The Labute approximate surface area is 155 Å². The fourth-order valence-electron chi connectivity index (χ4n) is 3.43. The number of piperidine rings is 1. The Bertz CT molecular complexity index is 719. The molecule has 0 aromatic heterocycles. The van der Waals surface area contributed by atoms with Gasteiger partial charge in [-0.15, -0.1) is 0 Å². The third-order valence-corrected chi connectivity index (χ3v) is 5.13. The minimum atomic E-state index is -0.885. The number of benzene rings is 2. The summed E-state index contributed by atoms with van der Waals surface area (Å²) in [5.41, 5.74) is 4.09. The molecule has 1 aliphatic heterocycles. The van der Waals surface area contributed by atoms with Crippen molar-refractivity contribution in [3.8, 4) is 0 Å². The summed E-state index contributed by atoms with van der Waals surface area (Å²) < 4.78 is 0. The van der Waals surface area contributed by atoms with Crippen molar-refractivity contribution in [3.63, 3.8) is 0 Å². The summed E-state index contributed by atoms with van der Waals surface area (Å²) >= 11 is 0. The van der Waals surface area contributed by atoms with Crippen LogP contribution in [0, 0.1) is 5.92 Å². The molecule has 2 aromatic carbocycles. The van der Waals surface area contributed by atoms with Crippen molar-refractivity contribution in [2.24, 2.45) is 5.92 Å². The monoisotopic (exact) mass is 352 g/mol. The third-order valence-electron chi connectivity index (χ3n) is 5.13. The fourth-order valence-corrected chi connectivity index (χ4v) is 3.43. The smallest absolute Gasteiger partial charge is 0.335 e. The molecule has 2 N–H and O–H groups in total. The lowest BCUT2D eigenvalue weighted by Crippen LogP contribution is -2.32. The van der Waals surface area contributed by atoms with E-state index in [1.54, 1.807) is 12.1 Å². The maximum absolute atomic E-state index is 10.9. The van der Waals surface area contributed by atoms with Crippen LogP contribution in [0.4, 0.5) is 0 Å². The van der Waals surface area contributed by atoms with E-state index in [1.165, 1.54) is 37.1 Å². The summed E-state index contributed by atoms with van der Waals surface area (Å²) in [7, 11) is 0. The molecule has 1 aliphatic rings. The van der Waals surface area contributed by atoms with Crippen molar-refractivity contribution >= 4 is 5.97 Å². The van der Waals surface area contributed by atoms with Gasteiger partial charge >= 0.3 is 5.97 Å². The van der Waals surface area contributed by atoms with Gasteiger partial charge in [0.2, 0.25) is 0 Å². The number of carboxylic acids is 1. The van der Waals surface area contributed by atoms with E-state index in [1.807, 2.05) is 12.1 Å².